The van der Waals surface area contributed by atoms with Crippen molar-refractivity contribution in [1.82, 2.24) is 9.88 Å². The van der Waals surface area contributed by atoms with Crippen molar-refractivity contribution in [1.29, 1.82) is 0 Å². The highest BCUT2D eigenvalue weighted by molar-refractivity contribution is 5.50. The van der Waals surface area contributed by atoms with Gasteiger partial charge in [0.15, 0.2) is 6.10 Å². The molecule has 4 rings (SSSR count). The molecule has 0 amide bonds. The van der Waals surface area contributed by atoms with Gasteiger partial charge in [0.2, 0.25) is 0 Å². The Morgan fingerprint density at radius 2 is 1.63 bits per heavy atom. The number of rotatable bonds is 11. The maximum absolute atomic E-state index is 7.06. The lowest BCUT2D eigenvalue weighted by Gasteiger charge is -2.29. The lowest BCUT2D eigenvalue weighted by molar-refractivity contribution is 0.0321. The summed E-state index contributed by atoms with van der Waals surface area (Å²) >= 11 is 0. The molecule has 204 valence electrons. The monoisotopic (exact) mass is 516 g/mol. The van der Waals surface area contributed by atoms with E-state index in [1.54, 1.807) is 0 Å². The lowest BCUT2D eigenvalue weighted by Crippen LogP contribution is -2.38. The molecule has 1 saturated heterocycles. The van der Waals surface area contributed by atoms with Crippen molar-refractivity contribution in [3.63, 3.8) is 0 Å². The van der Waals surface area contributed by atoms with E-state index < -0.39 is 0 Å². The van der Waals surface area contributed by atoms with Gasteiger partial charge in [-0.2, -0.15) is 0 Å². The van der Waals surface area contributed by atoms with Gasteiger partial charge in [0.05, 0.1) is 18.8 Å². The average molecular weight is 517 g/mol. The lowest BCUT2D eigenvalue weighted by atomic mass is 9.89. The molecule has 2 aromatic carbocycles. The van der Waals surface area contributed by atoms with Crippen molar-refractivity contribution < 1.29 is 14.2 Å². The Morgan fingerprint density at radius 1 is 0.921 bits per heavy atom. The summed E-state index contributed by atoms with van der Waals surface area (Å²) in [5.41, 5.74) is 8.19. The molecule has 38 heavy (non-hydrogen) atoms. The second-order valence-corrected chi connectivity index (χ2v) is 10.5. The van der Waals surface area contributed by atoms with Gasteiger partial charge < -0.3 is 14.2 Å². The zero-order valence-electron chi connectivity index (χ0n) is 24.0. The molecule has 0 spiro atoms. The molecule has 1 aliphatic rings. The molecule has 0 bridgehead atoms. The normalized spacial score (nSPS) is 15.0. The number of aryl methyl sites for hydroxylation is 4. The van der Waals surface area contributed by atoms with Crippen molar-refractivity contribution in [2.75, 3.05) is 39.5 Å². The summed E-state index contributed by atoms with van der Waals surface area (Å²) in [6.07, 6.45) is 3.38. The van der Waals surface area contributed by atoms with E-state index in [0.29, 0.717) is 12.5 Å². The van der Waals surface area contributed by atoms with Crippen LogP contribution in [0.25, 0.3) is 0 Å². The highest BCUT2D eigenvalue weighted by atomic mass is 16.5. The van der Waals surface area contributed by atoms with Gasteiger partial charge in [0.25, 0.3) is 0 Å². The smallest absolute Gasteiger partial charge is 0.155 e. The Morgan fingerprint density at radius 3 is 2.29 bits per heavy atom. The van der Waals surface area contributed by atoms with E-state index in [-0.39, 0.29) is 6.10 Å². The minimum absolute atomic E-state index is 0.325. The number of pyridine rings is 1. The number of nitrogens with zero attached hydrogens (tertiary/aromatic N) is 2. The summed E-state index contributed by atoms with van der Waals surface area (Å²) in [6, 6.07) is 15.2. The Labute approximate surface area is 229 Å². The van der Waals surface area contributed by atoms with Gasteiger partial charge in [0.1, 0.15) is 18.1 Å². The van der Waals surface area contributed by atoms with E-state index in [9.17, 15) is 0 Å². The van der Waals surface area contributed by atoms with Gasteiger partial charge in [-0.15, -0.1) is 0 Å². The number of morpholine rings is 1. The molecule has 5 heteroatoms. The summed E-state index contributed by atoms with van der Waals surface area (Å²) < 4.78 is 19.1. The highest BCUT2D eigenvalue weighted by Crippen LogP contribution is 2.40. The molecule has 0 N–H and O–H groups in total. The second kappa shape index (κ2) is 13.3. The number of aromatic nitrogens is 1. The first-order chi connectivity index (χ1) is 18.4. The summed E-state index contributed by atoms with van der Waals surface area (Å²) in [6.45, 7) is 18.0. The molecule has 5 nitrogen and oxygen atoms in total. The molecule has 1 atom stereocenters. The van der Waals surface area contributed by atoms with E-state index in [0.717, 1.165) is 74.0 Å². The Bertz CT molecular complexity index is 1180. The molecule has 3 aromatic rings. The fraction of sp³-hybridized carbons (Fsp3) is 0.485. The molecule has 0 aliphatic carbocycles. The van der Waals surface area contributed by atoms with Crippen molar-refractivity contribution >= 4 is 0 Å². The molecule has 1 aromatic heterocycles. The van der Waals surface area contributed by atoms with Crippen LogP contribution in [-0.2, 0) is 17.6 Å². The van der Waals surface area contributed by atoms with Crippen LogP contribution in [0.1, 0.15) is 78.8 Å². The summed E-state index contributed by atoms with van der Waals surface area (Å²) in [5, 5.41) is 0. The van der Waals surface area contributed by atoms with Gasteiger partial charge in [-0.05, 0) is 67.0 Å². The van der Waals surface area contributed by atoms with Gasteiger partial charge in [-0.1, -0.05) is 58.0 Å². The molecule has 1 aliphatic heterocycles. The van der Waals surface area contributed by atoms with E-state index in [4.69, 9.17) is 19.2 Å². The Hall–Kier alpha value is -2.89. The molecule has 0 saturated carbocycles. The van der Waals surface area contributed by atoms with E-state index >= 15 is 0 Å². The largest absolute Gasteiger partial charge is 0.492 e. The summed E-state index contributed by atoms with van der Waals surface area (Å²) in [5.74, 6) is 2.18. The predicted molar refractivity (Wildman–Crippen MR) is 155 cm³/mol. The third-order valence-electron chi connectivity index (χ3n) is 7.61. The van der Waals surface area contributed by atoms with Crippen LogP contribution in [-0.4, -0.2) is 49.3 Å². The van der Waals surface area contributed by atoms with Crippen LogP contribution in [0.15, 0.2) is 48.7 Å². The summed E-state index contributed by atoms with van der Waals surface area (Å²) in [4.78, 5) is 7.11. The van der Waals surface area contributed by atoms with Crippen LogP contribution in [0, 0.1) is 13.8 Å². The fourth-order valence-electron chi connectivity index (χ4n) is 5.22. The first-order valence-electron chi connectivity index (χ1n) is 14.2. The standard InChI is InChI=1S/C33H44N2O3/c1-7-26-10-9-11-27(8-2)32(26)33(38-30-22-28(23(3)4)13-12-24(30)5)31-25(6)34-15-14-29(31)37-21-18-35-16-19-36-20-17-35/h9-15,22-23,33H,7-8,16-21H2,1-6H3. The Kier molecular flexibility index (Phi) is 9.81. The minimum Gasteiger partial charge on any atom is -0.492 e. The van der Waals surface area contributed by atoms with Crippen LogP contribution < -0.4 is 9.47 Å². The number of benzene rings is 2. The van der Waals surface area contributed by atoms with E-state index in [2.05, 4.69) is 82.8 Å². The van der Waals surface area contributed by atoms with Crippen LogP contribution in [0.2, 0.25) is 0 Å². The molecule has 1 unspecified atom stereocenters. The van der Waals surface area contributed by atoms with E-state index in [1.807, 2.05) is 12.3 Å². The number of hydrogen-bond acceptors (Lipinski definition) is 5. The van der Waals surface area contributed by atoms with Crippen LogP contribution in [0.5, 0.6) is 11.5 Å². The van der Waals surface area contributed by atoms with Gasteiger partial charge in [-0.3, -0.25) is 9.88 Å². The third-order valence-corrected chi connectivity index (χ3v) is 7.61. The summed E-state index contributed by atoms with van der Waals surface area (Å²) in [7, 11) is 0. The van der Waals surface area contributed by atoms with Crippen molar-refractivity contribution in [3.8, 4) is 11.5 Å². The van der Waals surface area contributed by atoms with Crippen LogP contribution in [0.4, 0.5) is 0 Å². The Balaban J connectivity index is 1.78. The maximum Gasteiger partial charge on any atom is 0.155 e. The first kappa shape index (κ1) is 28.1. The zero-order valence-corrected chi connectivity index (χ0v) is 24.0. The number of hydrogen-bond donors (Lipinski definition) is 0. The van der Waals surface area contributed by atoms with Gasteiger partial charge >= 0.3 is 0 Å². The molecule has 1 fully saturated rings. The third kappa shape index (κ3) is 6.57. The van der Waals surface area contributed by atoms with E-state index in [1.165, 1.54) is 22.3 Å². The SMILES string of the molecule is CCc1cccc(CC)c1C(Oc1cc(C(C)C)ccc1C)c1c(OCCN2CCOCC2)ccnc1C. The van der Waals surface area contributed by atoms with Crippen molar-refractivity contribution in [2.45, 2.75) is 66.4 Å². The molecule has 0 radical (unpaired) electrons. The topological polar surface area (TPSA) is 43.8 Å². The first-order valence-corrected chi connectivity index (χ1v) is 14.2. The minimum atomic E-state index is -0.325. The maximum atomic E-state index is 7.06. The second-order valence-electron chi connectivity index (χ2n) is 10.5. The van der Waals surface area contributed by atoms with Crippen molar-refractivity contribution in [2.24, 2.45) is 0 Å². The molecule has 2 heterocycles. The zero-order chi connectivity index (χ0) is 27.1. The predicted octanol–water partition coefficient (Wildman–Crippen LogP) is 6.83. The van der Waals surface area contributed by atoms with Crippen molar-refractivity contribution in [3.05, 3.63) is 87.7 Å². The van der Waals surface area contributed by atoms with Crippen LogP contribution >= 0.6 is 0 Å². The van der Waals surface area contributed by atoms with Crippen LogP contribution in [0.3, 0.4) is 0 Å². The molecular formula is C33H44N2O3. The quantitative estimate of drug-likeness (QED) is 0.280. The average Bonchev–Trinajstić information content (AvgIpc) is 2.93. The number of ether oxygens (including phenoxy) is 3. The fourth-order valence-corrected chi connectivity index (χ4v) is 5.22. The van der Waals surface area contributed by atoms with Gasteiger partial charge in [0, 0.05) is 37.1 Å². The highest BCUT2D eigenvalue weighted by Gasteiger charge is 2.28. The molecular weight excluding hydrogens is 472 g/mol. The van der Waals surface area contributed by atoms with Gasteiger partial charge in [-0.25, -0.2) is 0 Å².